The van der Waals surface area contributed by atoms with Crippen LogP contribution in [0.1, 0.15) is 33.3 Å². The van der Waals surface area contributed by atoms with Crippen molar-refractivity contribution in [2.24, 2.45) is 0 Å². The molecule has 0 aliphatic carbocycles. The molecule has 0 aliphatic heterocycles. The number of ketones is 1. The van der Waals surface area contributed by atoms with Gasteiger partial charge in [-0.1, -0.05) is 26.0 Å². The van der Waals surface area contributed by atoms with Crippen molar-refractivity contribution in [1.82, 2.24) is 5.32 Å². The zero-order valence-corrected chi connectivity index (χ0v) is 11.7. The molecular weight excluding hydrogens is 226 g/mol. The first kappa shape index (κ1) is 14.7. The lowest BCUT2D eigenvalue weighted by Crippen LogP contribution is -2.35. The SMILES string of the molecule is CCOc1ccc(C(C)(C)CNCC(C)=O)cc1. The van der Waals surface area contributed by atoms with Crippen LogP contribution in [0.25, 0.3) is 0 Å². The maximum absolute atomic E-state index is 10.9. The quantitative estimate of drug-likeness (QED) is 0.807. The summed E-state index contributed by atoms with van der Waals surface area (Å²) in [4.78, 5) is 10.9. The Morgan fingerprint density at radius 1 is 1.28 bits per heavy atom. The molecule has 1 rings (SSSR count). The summed E-state index contributed by atoms with van der Waals surface area (Å²) >= 11 is 0. The van der Waals surface area contributed by atoms with E-state index in [-0.39, 0.29) is 11.2 Å². The molecule has 3 heteroatoms. The number of ether oxygens (including phenoxy) is 1. The van der Waals surface area contributed by atoms with Crippen LogP contribution >= 0.6 is 0 Å². The summed E-state index contributed by atoms with van der Waals surface area (Å²) < 4.78 is 5.43. The van der Waals surface area contributed by atoms with Crippen LogP contribution in [0.15, 0.2) is 24.3 Å². The van der Waals surface area contributed by atoms with Crippen LogP contribution in [0.4, 0.5) is 0 Å². The standard InChI is InChI=1S/C15H23NO2/c1-5-18-14-8-6-13(7-9-14)15(3,4)11-16-10-12(2)17/h6-9,16H,5,10-11H2,1-4H3. The highest BCUT2D eigenvalue weighted by molar-refractivity contribution is 5.77. The van der Waals surface area contributed by atoms with Crippen molar-refractivity contribution < 1.29 is 9.53 Å². The Hall–Kier alpha value is -1.35. The smallest absolute Gasteiger partial charge is 0.143 e. The summed E-state index contributed by atoms with van der Waals surface area (Å²) in [7, 11) is 0. The van der Waals surface area contributed by atoms with E-state index >= 15 is 0 Å². The molecule has 0 saturated carbocycles. The second-order valence-electron chi connectivity index (χ2n) is 5.15. The van der Waals surface area contributed by atoms with Crippen molar-refractivity contribution in [3.63, 3.8) is 0 Å². The number of carbonyl (C=O) groups is 1. The van der Waals surface area contributed by atoms with Gasteiger partial charge in [0.25, 0.3) is 0 Å². The van der Waals surface area contributed by atoms with E-state index in [9.17, 15) is 4.79 Å². The van der Waals surface area contributed by atoms with Crippen LogP contribution in [-0.4, -0.2) is 25.5 Å². The fourth-order valence-electron chi connectivity index (χ4n) is 1.82. The Bertz CT molecular complexity index is 382. The van der Waals surface area contributed by atoms with E-state index in [1.54, 1.807) is 6.92 Å². The van der Waals surface area contributed by atoms with E-state index in [1.165, 1.54) is 5.56 Å². The van der Waals surface area contributed by atoms with E-state index in [2.05, 4.69) is 31.3 Å². The maximum Gasteiger partial charge on any atom is 0.143 e. The molecule has 100 valence electrons. The fourth-order valence-corrected chi connectivity index (χ4v) is 1.82. The number of hydrogen-bond acceptors (Lipinski definition) is 3. The lowest BCUT2D eigenvalue weighted by atomic mass is 9.84. The predicted octanol–water partition coefficient (Wildman–Crippen LogP) is 2.54. The molecule has 3 nitrogen and oxygen atoms in total. The van der Waals surface area contributed by atoms with Crippen LogP contribution in [-0.2, 0) is 10.2 Å². The Kier molecular flexibility index (Phi) is 5.35. The van der Waals surface area contributed by atoms with E-state index < -0.39 is 0 Å². The van der Waals surface area contributed by atoms with Crippen molar-refractivity contribution in [1.29, 1.82) is 0 Å². The predicted molar refractivity (Wildman–Crippen MR) is 74.2 cm³/mol. The fraction of sp³-hybridized carbons (Fsp3) is 0.533. The van der Waals surface area contributed by atoms with Crippen LogP contribution in [0.3, 0.4) is 0 Å². The van der Waals surface area contributed by atoms with Gasteiger partial charge in [0.2, 0.25) is 0 Å². The van der Waals surface area contributed by atoms with Gasteiger partial charge in [0.15, 0.2) is 0 Å². The molecule has 1 aromatic carbocycles. The number of Topliss-reactive ketones (excluding diaryl/α,β-unsaturated/α-hetero) is 1. The number of benzene rings is 1. The first-order valence-corrected chi connectivity index (χ1v) is 6.39. The summed E-state index contributed by atoms with van der Waals surface area (Å²) in [5.41, 5.74) is 1.24. The van der Waals surface area contributed by atoms with Gasteiger partial charge in [0.05, 0.1) is 13.2 Å². The third-order valence-corrected chi connectivity index (χ3v) is 2.89. The highest BCUT2D eigenvalue weighted by atomic mass is 16.5. The van der Waals surface area contributed by atoms with Crippen molar-refractivity contribution >= 4 is 5.78 Å². The monoisotopic (exact) mass is 249 g/mol. The van der Waals surface area contributed by atoms with E-state index in [0.29, 0.717) is 13.2 Å². The number of nitrogens with one attached hydrogen (secondary N) is 1. The average Bonchev–Trinajstić information content (AvgIpc) is 2.29. The van der Waals surface area contributed by atoms with Gasteiger partial charge >= 0.3 is 0 Å². The van der Waals surface area contributed by atoms with Gasteiger partial charge in [-0.25, -0.2) is 0 Å². The van der Waals surface area contributed by atoms with Gasteiger partial charge in [-0.3, -0.25) is 4.79 Å². The highest BCUT2D eigenvalue weighted by Gasteiger charge is 2.20. The van der Waals surface area contributed by atoms with Gasteiger partial charge in [-0.05, 0) is 31.5 Å². The summed E-state index contributed by atoms with van der Waals surface area (Å²) in [5, 5.41) is 3.18. The molecular formula is C15H23NO2. The molecule has 0 heterocycles. The molecule has 18 heavy (non-hydrogen) atoms. The Morgan fingerprint density at radius 3 is 2.39 bits per heavy atom. The van der Waals surface area contributed by atoms with Crippen LogP contribution < -0.4 is 10.1 Å². The van der Waals surface area contributed by atoms with Crippen LogP contribution in [0.5, 0.6) is 5.75 Å². The molecule has 0 aliphatic rings. The van der Waals surface area contributed by atoms with Crippen molar-refractivity contribution in [2.75, 3.05) is 19.7 Å². The van der Waals surface area contributed by atoms with Gasteiger partial charge in [0, 0.05) is 12.0 Å². The molecule has 0 saturated heterocycles. The molecule has 1 N–H and O–H groups in total. The van der Waals surface area contributed by atoms with Gasteiger partial charge < -0.3 is 10.1 Å². The van der Waals surface area contributed by atoms with E-state index in [0.717, 1.165) is 12.3 Å². The third kappa shape index (κ3) is 4.49. The largest absolute Gasteiger partial charge is 0.494 e. The molecule has 0 unspecified atom stereocenters. The van der Waals surface area contributed by atoms with Crippen molar-refractivity contribution in [3.05, 3.63) is 29.8 Å². The van der Waals surface area contributed by atoms with Crippen molar-refractivity contribution in [2.45, 2.75) is 33.1 Å². The van der Waals surface area contributed by atoms with Gasteiger partial charge in [0.1, 0.15) is 11.5 Å². The minimum absolute atomic E-state index is 0.000193. The molecule has 0 fully saturated rings. The van der Waals surface area contributed by atoms with E-state index in [1.807, 2.05) is 19.1 Å². The minimum Gasteiger partial charge on any atom is -0.494 e. The van der Waals surface area contributed by atoms with Crippen LogP contribution in [0.2, 0.25) is 0 Å². The van der Waals surface area contributed by atoms with Gasteiger partial charge in [-0.15, -0.1) is 0 Å². The molecule has 0 aromatic heterocycles. The molecule has 0 radical (unpaired) electrons. The van der Waals surface area contributed by atoms with E-state index in [4.69, 9.17) is 4.74 Å². The Balaban J connectivity index is 2.63. The Morgan fingerprint density at radius 2 is 1.89 bits per heavy atom. The summed E-state index contributed by atoms with van der Waals surface area (Å²) in [6, 6.07) is 8.15. The number of carbonyl (C=O) groups excluding carboxylic acids is 1. The molecule has 1 aromatic rings. The summed E-state index contributed by atoms with van der Waals surface area (Å²) in [6.45, 7) is 9.79. The first-order chi connectivity index (χ1) is 8.45. The normalized spacial score (nSPS) is 11.3. The molecule has 0 spiro atoms. The zero-order chi connectivity index (χ0) is 13.6. The second-order valence-corrected chi connectivity index (χ2v) is 5.15. The lowest BCUT2D eigenvalue weighted by molar-refractivity contribution is -0.116. The first-order valence-electron chi connectivity index (χ1n) is 6.39. The second kappa shape index (κ2) is 6.55. The highest BCUT2D eigenvalue weighted by Crippen LogP contribution is 2.24. The van der Waals surface area contributed by atoms with Crippen LogP contribution in [0, 0.1) is 0 Å². The molecule has 0 bridgehead atoms. The average molecular weight is 249 g/mol. The summed E-state index contributed by atoms with van der Waals surface area (Å²) in [5.74, 6) is 1.06. The summed E-state index contributed by atoms with van der Waals surface area (Å²) in [6.07, 6.45) is 0. The zero-order valence-electron chi connectivity index (χ0n) is 11.7. The molecule has 0 amide bonds. The minimum atomic E-state index is 0.000193. The van der Waals surface area contributed by atoms with Gasteiger partial charge in [-0.2, -0.15) is 0 Å². The molecule has 0 atom stereocenters. The topological polar surface area (TPSA) is 38.3 Å². The third-order valence-electron chi connectivity index (χ3n) is 2.89. The number of hydrogen-bond donors (Lipinski definition) is 1. The maximum atomic E-state index is 10.9. The Labute approximate surface area is 110 Å². The lowest BCUT2D eigenvalue weighted by Gasteiger charge is -2.25. The van der Waals surface area contributed by atoms with Crippen molar-refractivity contribution in [3.8, 4) is 5.75 Å². The number of rotatable bonds is 7.